The molecule has 0 atom stereocenters. The number of nitrogens with zero attached hydrogens (tertiary/aromatic N) is 1. The number of rotatable bonds is 0. The highest BCUT2D eigenvalue weighted by molar-refractivity contribution is 5.85. The van der Waals surface area contributed by atoms with E-state index in [1.54, 1.807) is 6.92 Å². The number of benzene rings is 1. The van der Waals surface area contributed by atoms with Gasteiger partial charge in [0.2, 0.25) is 0 Å². The molecular formula is C11H8F3NO. The number of hydrogen-bond donors (Lipinski definition) is 1. The molecule has 2 aromatic rings. The summed E-state index contributed by atoms with van der Waals surface area (Å²) in [5.41, 5.74) is 0.121. The summed E-state index contributed by atoms with van der Waals surface area (Å²) >= 11 is 0. The van der Waals surface area contributed by atoms with Gasteiger partial charge in [0.15, 0.2) is 0 Å². The molecule has 16 heavy (non-hydrogen) atoms. The van der Waals surface area contributed by atoms with Crippen molar-refractivity contribution in [3.63, 3.8) is 0 Å². The van der Waals surface area contributed by atoms with Crippen LogP contribution in [0.2, 0.25) is 0 Å². The summed E-state index contributed by atoms with van der Waals surface area (Å²) in [6, 6.07) is 4.44. The molecule has 0 aliphatic heterocycles. The van der Waals surface area contributed by atoms with E-state index in [0.29, 0.717) is 11.2 Å². The van der Waals surface area contributed by atoms with Gasteiger partial charge in [-0.2, -0.15) is 13.2 Å². The molecule has 2 rings (SSSR count). The lowest BCUT2D eigenvalue weighted by Gasteiger charge is -2.08. The molecule has 1 N–H and O–H groups in total. The van der Waals surface area contributed by atoms with E-state index in [0.717, 1.165) is 12.1 Å². The van der Waals surface area contributed by atoms with E-state index >= 15 is 0 Å². The van der Waals surface area contributed by atoms with Crippen LogP contribution in [0.5, 0.6) is 5.75 Å². The van der Waals surface area contributed by atoms with Crippen LogP contribution in [0.15, 0.2) is 24.3 Å². The largest absolute Gasteiger partial charge is 0.507 e. The summed E-state index contributed by atoms with van der Waals surface area (Å²) in [6.45, 7) is 1.66. The Balaban J connectivity index is 2.72. The van der Waals surface area contributed by atoms with E-state index in [-0.39, 0.29) is 11.1 Å². The van der Waals surface area contributed by atoms with Crippen LogP contribution in [0.4, 0.5) is 13.2 Å². The summed E-state index contributed by atoms with van der Waals surface area (Å²) in [5, 5.41) is 9.65. The third-order valence-corrected chi connectivity index (χ3v) is 2.24. The Bertz CT molecular complexity index is 549. The number of aryl methyl sites for hydroxylation is 1. The lowest BCUT2D eigenvalue weighted by molar-refractivity contribution is -0.137. The predicted octanol–water partition coefficient (Wildman–Crippen LogP) is 3.27. The molecule has 0 aliphatic rings. The highest BCUT2D eigenvalue weighted by atomic mass is 19.4. The topological polar surface area (TPSA) is 33.1 Å². The van der Waals surface area contributed by atoms with Crippen molar-refractivity contribution in [2.24, 2.45) is 0 Å². The molecule has 84 valence electrons. The van der Waals surface area contributed by atoms with Crippen molar-refractivity contribution in [2.75, 3.05) is 0 Å². The minimum Gasteiger partial charge on any atom is -0.507 e. The molecule has 0 saturated heterocycles. The van der Waals surface area contributed by atoms with Crippen molar-refractivity contribution in [1.29, 1.82) is 0 Å². The second-order valence-electron chi connectivity index (χ2n) is 3.51. The van der Waals surface area contributed by atoms with Gasteiger partial charge in [-0.25, -0.2) is 0 Å². The van der Waals surface area contributed by atoms with Crippen LogP contribution in [-0.4, -0.2) is 10.1 Å². The molecule has 0 unspecified atom stereocenters. The predicted molar refractivity (Wildman–Crippen MR) is 53.1 cm³/mol. The molecule has 1 aromatic heterocycles. The van der Waals surface area contributed by atoms with E-state index in [1.165, 1.54) is 12.1 Å². The van der Waals surface area contributed by atoms with Gasteiger partial charge in [-0.15, -0.1) is 0 Å². The molecule has 0 amide bonds. The fourth-order valence-electron chi connectivity index (χ4n) is 1.51. The quantitative estimate of drug-likeness (QED) is 0.749. The lowest BCUT2D eigenvalue weighted by Crippen LogP contribution is -2.04. The van der Waals surface area contributed by atoms with E-state index in [9.17, 15) is 18.3 Å². The molecule has 1 heterocycles. The smallest absolute Gasteiger partial charge is 0.416 e. The highest BCUT2D eigenvalue weighted by Gasteiger charge is 2.30. The molecule has 0 spiro atoms. The SMILES string of the molecule is Cc1cc(O)c2cc(C(F)(F)F)ccc2n1. The summed E-state index contributed by atoms with van der Waals surface area (Å²) in [7, 11) is 0. The van der Waals surface area contributed by atoms with E-state index in [4.69, 9.17) is 0 Å². The van der Waals surface area contributed by atoms with Crippen LogP contribution in [0.3, 0.4) is 0 Å². The second kappa shape index (κ2) is 3.37. The Morgan fingerprint density at radius 3 is 2.50 bits per heavy atom. The van der Waals surface area contributed by atoms with Gasteiger partial charge in [0.25, 0.3) is 0 Å². The van der Waals surface area contributed by atoms with Crippen LogP contribution in [0.25, 0.3) is 10.9 Å². The minimum atomic E-state index is -4.41. The van der Waals surface area contributed by atoms with Gasteiger partial charge in [0.05, 0.1) is 11.1 Å². The normalized spacial score (nSPS) is 12.0. The molecule has 0 aliphatic carbocycles. The van der Waals surface area contributed by atoms with Gasteiger partial charge in [0.1, 0.15) is 5.75 Å². The van der Waals surface area contributed by atoms with Gasteiger partial charge >= 0.3 is 6.18 Å². The Hall–Kier alpha value is -1.78. The molecule has 2 nitrogen and oxygen atoms in total. The van der Waals surface area contributed by atoms with Gasteiger partial charge in [0, 0.05) is 17.1 Å². The van der Waals surface area contributed by atoms with Gasteiger partial charge in [-0.05, 0) is 25.1 Å². The first-order valence-corrected chi connectivity index (χ1v) is 4.55. The average molecular weight is 227 g/mol. The van der Waals surface area contributed by atoms with Crippen molar-refractivity contribution in [2.45, 2.75) is 13.1 Å². The average Bonchev–Trinajstić information content (AvgIpc) is 2.15. The molecule has 0 fully saturated rings. The third-order valence-electron chi connectivity index (χ3n) is 2.24. The third kappa shape index (κ3) is 1.80. The fourth-order valence-corrected chi connectivity index (χ4v) is 1.51. The second-order valence-corrected chi connectivity index (χ2v) is 3.51. The zero-order valence-corrected chi connectivity index (χ0v) is 8.34. The first-order chi connectivity index (χ1) is 7.38. The van der Waals surface area contributed by atoms with Gasteiger partial charge < -0.3 is 5.11 Å². The number of pyridine rings is 1. The minimum absolute atomic E-state index is 0.112. The number of hydrogen-bond acceptors (Lipinski definition) is 2. The molecule has 0 bridgehead atoms. The first-order valence-electron chi connectivity index (χ1n) is 4.55. The summed E-state index contributed by atoms with van der Waals surface area (Å²) in [4.78, 5) is 4.03. The Morgan fingerprint density at radius 1 is 1.19 bits per heavy atom. The number of aromatic nitrogens is 1. The Labute approximate surface area is 89.4 Å². The van der Waals surface area contributed by atoms with Crippen molar-refractivity contribution in [3.05, 3.63) is 35.5 Å². The number of fused-ring (bicyclic) bond motifs is 1. The van der Waals surface area contributed by atoms with E-state index in [2.05, 4.69) is 4.98 Å². The molecule has 5 heteroatoms. The van der Waals surface area contributed by atoms with Crippen LogP contribution in [0.1, 0.15) is 11.3 Å². The van der Waals surface area contributed by atoms with Crippen LogP contribution < -0.4 is 0 Å². The van der Waals surface area contributed by atoms with Gasteiger partial charge in [-0.1, -0.05) is 0 Å². The Morgan fingerprint density at radius 2 is 1.88 bits per heavy atom. The summed E-state index contributed by atoms with van der Waals surface area (Å²) in [6.07, 6.45) is -4.41. The van der Waals surface area contributed by atoms with E-state index in [1.807, 2.05) is 0 Å². The maximum absolute atomic E-state index is 12.4. The van der Waals surface area contributed by atoms with Crippen LogP contribution in [-0.2, 0) is 6.18 Å². The standard InChI is InChI=1S/C11H8F3NO/c1-6-4-10(16)8-5-7(11(12,13)14)2-3-9(8)15-6/h2-5H,1H3,(H,15,16). The van der Waals surface area contributed by atoms with E-state index < -0.39 is 11.7 Å². The molecular weight excluding hydrogens is 219 g/mol. The highest BCUT2D eigenvalue weighted by Crippen LogP contribution is 2.33. The summed E-state index contributed by atoms with van der Waals surface area (Å²) < 4.78 is 37.3. The maximum atomic E-state index is 12.4. The van der Waals surface area contributed by atoms with Crippen molar-refractivity contribution >= 4 is 10.9 Å². The zero-order valence-electron chi connectivity index (χ0n) is 8.34. The van der Waals surface area contributed by atoms with Gasteiger partial charge in [-0.3, -0.25) is 4.98 Å². The lowest BCUT2D eigenvalue weighted by atomic mass is 10.1. The zero-order chi connectivity index (χ0) is 11.9. The number of halogens is 3. The molecule has 0 saturated carbocycles. The number of alkyl halides is 3. The monoisotopic (exact) mass is 227 g/mol. The first kappa shape index (κ1) is 10.7. The van der Waals surface area contributed by atoms with Crippen molar-refractivity contribution < 1.29 is 18.3 Å². The van der Waals surface area contributed by atoms with Crippen LogP contribution >= 0.6 is 0 Å². The van der Waals surface area contributed by atoms with Crippen molar-refractivity contribution in [1.82, 2.24) is 4.98 Å². The summed E-state index contributed by atoms with van der Waals surface area (Å²) in [5.74, 6) is -0.186. The maximum Gasteiger partial charge on any atom is 0.416 e. The molecule has 0 radical (unpaired) electrons. The van der Waals surface area contributed by atoms with Crippen LogP contribution in [0, 0.1) is 6.92 Å². The fraction of sp³-hybridized carbons (Fsp3) is 0.182. The molecule has 1 aromatic carbocycles. The number of aromatic hydroxyl groups is 1. The Kier molecular flexibility index (Phi) is 2.26. The van der Waals surface area contributed by atoms with Crippen molar-refractivity contribution in [3.8, 4) is 5.75 Å².